The second-order valence-electron chi connectivity index (χ2n) is 14.9. The van der Waals surface area contributed by atoms with Crippen molar-refractivity contribution >= 4 is 17.7 Å². The van der Waals surface area contributed by atoms with Crippen molar-refractivity contribution in [3.05, 3.63) is 24.2 Å². The van der Waals surface area contributed by atoms with Gasteiger partial charge in [0.2, 0.25) is 0 Å². The van der Waals surface area contributed by atoms with Crippen LogP contribution in [0, 0.1) is 28.1 Å². The number of hydrogen-bond acceptors (Lipinski definition) is 14. The van der Waals surface area contributed by atoms with E-state index >= 15 is 0 Å². The Morgan fingerprint density at radius 1 is 1.06 bits per heavy atom. The number of hydrogen-bond donors (Lipinski definition) is 4. The maximum Gasteiger partial charge on any atom is 1.00 e. The van der Waals surface area contributed by atoms with E-state index < -0.39 is 101 Å². The van der Waals surface area contributed by atoms with E-state index in [2.05, 4.69) is 0 Å². The summed E-state index contributed by atoms with van der Waals surface area (Å²) in [5.74, 6) is -2.94. The SMILES string of the molecule is CC1(C)O[C@H]2CC(=O)OC[C@@]23C1CC(=O)[C@]1(C)C3CC[C@@](C)([C@@H](O[C@H]2O[C@@H](CO)[C@H](O)[C@@H](O)[C@@H]2O)c2ccoc2)[C@@]12O[C@@H]2C(=O)[O-].[Na+]. The maximum atomic E-state index is 14.7. The van der Waals surface area contributed by atoms with Gasteiger partial charge in [0, 0.05) is 28.7 Å². The summed E-state index contributed by atoms with van der Waals surface area (Å²) in [5.41, 5.74) is -5.60. The first kappa shape index (κ1) is 35.4. The summed E-state index contributed by atoms with van der Waals surface area (Å²) in [6.07, 6.45) is -7.71. The fraction of sp³-hybridized carbons (Fsp3) is 0.781. The van der Waals surface area contributed by atoms with Crippen LogP contribution in [0.2, 0.25) is 0 Å². The molecule has 14 nitrogen and oxygen atoms in total. The van der Waals surface area contributed by atoms with E-state index in [9.17, 15) is 39.9 Å². The van der Waals surface area contributed by atoms with Gasteiger partial charge in [0.05, 0.1) is 54.7 Å². The molecule has 6 fully saturated rings. The molecule has 6 aliphatic rings. The van der Waals surface area contributed by atoms with E-state index in [1.807, 2.05) is 13.8 Å². The van der Waals surface area contributed by atoms with Crippen molar-refractivity contribution in [3.8, 4) is 0 Å². The first-order valence-electron chi connectivity index (χ1n) is 15.8. The molecule has 4 saturated heterocycles. The summed E-state index contributed by atoms with van der Waals surface area (Å²) in [4.78, 5) is 39.9. The minimum Gasteiger partial charge on any atom is -0.547 e. The van der Waals surface area contributed by atoms with Gasteiger partial charge >= 0.3 is 35.5 Å². The third-order valence-corrected chi connectivity index (χ3v) is 12.6. The van der Waals surface area contributed by atoms with Gasteiger partial charge in [0.25, 0.3) is 0 Å². The molecule has 0 radical (unpaired) electrons. The number of aliphatic hydroxyl groups excluding tert-OH is 4. The van der Waals surface area contributed by atoms with E-state index in [0.717, 1.165) is 0 Å². The molecule has 0 bridgehead atoms. The summed E-state index contributed by atoms with van der Waals surface area (Å²) in [5, 5.41) is 54.3. The number of furan rings is 1. The molecule has 14 atom stereocenters. The molecule has 4 N–H and O–H groups in total. The van der Waals surface area contributed by atoms with Crippen LogP contribution >= 0.6 is 0 Å². The zero-order valence-corrected chi connectivity index (χ0v) is 29.1. The molecule has 4 aliphatic heterocycles. The van der Waals surface area contributed by atoms with E-state index in [1.165, 1.54) is 12.5 Å². The average molecular weight is 673 g/mol. The third-order valence-electron chi connectivity index (χ3n) is 12.6. The molecule has 0 amide bonds. The molecule has 47 heavy (non-hydrogen) atoms. The molecule has 2 saturated carbocycles. The van der Waals surface area contributed by atoms with Crippen LogP contribution in [0.1, 0.15) is 65.0 Å². The Morgan fingerprint density at radius 2 is 1.79 bits per heavy atom. The van der Waals surface area contributed by atoms with E-state index in [1.54, 1.807) is 19.9 Å². The predicted octanol–water partition coefficient (Wildman–Crippen LogP) is -3.85. The van der Waals surface area contributed by atoms with Gasteiger partial charge in [-0.15, -0.1) is 0 Å². The summed E-state index contributed by atoms with van der Waals surface area (Å²) < 4.78 is 36.0. The van der Waals surface area contributed by atoms with Crippen molar-refractivity contribution in [1.82, 2.24) is 0 Å². The molecule has 2 unspecified atom stereocenters. The van der Waals surface area contributed by atoms with Gasteiger partial charge in [-0.2, -0.15) is 0 Å². The van der Waals surface area contributed by atoms with E-state index in [4.69, 9.17) is 28.1 Å². The van der Waals surface area contributed by atoms with Gasteiger partial charge in [-0.1, -0.05) is 6.92 Å². The molecule has 2 aliphatic carbocycles. The normalized spacial score (nSPS) is 48.8. The van der Waals surface area contributed by atoms with Crippen molar-refractivity contribution in [1.29, 1.82) is 0 Å². The number of fused-ring (bicyclic) bond motifs is 2. The van der Waals surface area contributed by atoms with Crippen molar-refractivity contribution in [3.63, 3.8) is 0 Å². The van der Waals surface area contributed by atoms with Crippen LogP contribution in [-0.2, 0) is 38.1 Å². The number of Topliss-reactive ketones (excluding diaryl/α,β-unsaturated/α-hetero) is 1. The number of esters is 1. The zero-order chi connectivity index (χ0) is 33.2. The zero-order valence-electron chi connectivity index (χ0n) is 27.1. The van der Waals surface area contributed by atoms with Crippen LogP contribution in [0.3, 0.4) is 0 Å². The van der Waals surface area contributed by atoms with Crippen LogP contribution in [0.15, 0.2) is 23.0 Å². The number of ether oxygens (including phenoxy) is 5. The number of cyclic esters (lactones) is 1. The third kappa shape index (κ3) is 4.53. The predicted molar refractivity (Wildman–Crippen MR) is 148 cm³/mol. The minimum atomic E-state index is -1.75. The number of carboxylic acids is 1. The van der Waals surface area contributed by atoms with Gasteiger partial charge in [0.15, 0.2) is 6.29 Å². The van der Waals surface area contributed by atoms with E-state index in [-0.39, 0.29) is 67.1 Å². The van der Waals surface area contributed by atoms with Gasteiger partial charge in [-0.05, 0) is 45.6 Å². The standard InChI is InChI=1S/C32H42O14.Na/c1-28(2)17-9-18(34)30(4)16(31(17)13-42-20(35)10-19(31)45-28)5-7-29(3,32(30)25(46-32)26(39)40)24(14-6-8-41-12-14)44-27-23(38)22(37)21(36)15(11-33)43-27;/h6,8,12,15-17,19,21-25,27,33,36-38H,5,7,9-11,13H2,1-4H3,(H,39,40);/q;+1/p-1/t15-,16?,17?,19-,21-,22+,23-,24-,25+,27+,29-,30-,31+,32+;/m0./s1. The van der Waals surface area contributed by atoms with Crippen molar-refractivity contribution < 1.29 is 97.6 Å². The van der Waals surface area contributed by atoms with Gasteiger partial charge in [-0.3, -0.25) is 9.59 Å². The second-order valence-corrected chi connectivity index (χ2v) is 14.9. The summed E-state index contributed by atoms with van der Waals surface area (Å²) in [7, 11) is 0. The Balaban J connectivity index is 0.00000386. The van der Waals surface area contributed by atoms with Gasteiger partial charge in [-0.25, -0.2) is 0 Å². The number of carbonyl (C=O) groups is 3. The summed E-state index contributed by atoms with van der Waals surface area (Å²) in [6.45, 7) is 6.63. The molecule has 254 valence electrons. The van der Waals surface area contributed by atoms with Crippen molar-refractivity contribution in [2.75, 3.05) is 13.2 Å². The van der Waals surface area contributed by atoms with Crippen molar-refractivity contribution in [2.24, 2.45) is 28.1 Å². The molecule has 15 heteroatoms. The number of aliphatic hydroxyl groups is 4. The molecule has 2 spiro atoms. The van der Waals surface area contributed by atoms with E-state index in [0.29, 0.717) is 12.0 Å². The summed E-state index contributed by atoms with van der Waals surface area (Å²) in [6, 6.07) is 1.60. The monoisotopic (exact) mass is 672 g/mol. The number of epoxide rings is 1. The topological polar surface area (TPSA) is 218 Å². The molecule has 1 aromatic heterocycles. The van der Waals surface area contributed by atoms with Crippen LogP contribution in [0.25, 0.3) is 0 Å². The van der Waals surface area contributed by atoms with Gasteiger partial charge in [0.1, 0.15) is 48.5 Å². The molecular formula is C32H41NaO14. The minimum absolute atomic E-state index is 0. The first-order valence-corrected chi connectivity index (χ1v) is 15.8. The Kier molecular flexibility index (Phi) is 8.70. The second kappa shape index (κ2) is 11.6. The van der Waals surface area contributed by atoms with Crippen molar-refractivity contribution in [2.45, 2.75) is 114 Å². The number of rotatable bonds is 6. The largest absolute Gasteiger partial charge is 1.00 e. The fourth-order valence-electron chi connectivity index (χ4n) is 10.5. The first-order chi connectivity index (χ1) is 21.6. The fourth-order valence-corrected chi connectivity index (χ4v) is 10.5. The number of ketones is 1. The summed E-state index contributed by atoms with van der Waals surface area (Å²) >= 11 is 0. The molecule has 0 aromatic carbocycles. The molecule has 7 rings (SSSR count). The quantitative estimate of drug-likeness (QED) is 0.129. The number of carboxylic acid groups (broad SMARTS) is 1. The van der Waals surface area contributed by atoms with Crippen LogP contribution < -0.4 is 34.7 Å². The molecule has 5 heterocycles. The molecular weight excluding hydrogens is 631 g/mol. The number of aliphatic carboxylic acids is 1. The Labute approximate surface area is 293 Å². The van der Waals surface area contributed by atoms with Crippen LogP contribution in [0.5, 0.6) is 0 Å². The molecule has 1 aromatic rings. The maximum absolute atomic E-state index is 14.7. The average Bonchev–Trinajstić information content (AvgIpc) is 3.48. The smallest absolute Gasteiger partial charge is 0.547 e. The Bertz CT molecular complexity index is 1420. The van der Waals surface area contributed by atoms with Crippen LogP contribution in [-0.4, -0.2) is 105 Å². The Morgan fingerprint density at radius 3 is 2.40 bits per heavy atom. The Hall–Kier alpha value is -1.43. The van der Waals surface area contributed by atoms with Crippen LogP contribution in [0.4, 0.5) is 0 Å². The number of carbonyl (C=O) groups excluding carboxylic acids is 3. The van der Waals surface area contributed by atoms with Gasteiger partial charge < -0.3 is 58.4 Å².